The zero-order valence-electron chi connectivity index (χ0n) is 9.04. The van der Waals surface area contributed by atoms with Crippen molar-refractivity contribution in [3.8, 4) is 0 Å². The smallest absolute Gasteiger partial charge is 0.0810 e. The molecule has 0 N–H and O–H groups in total. The van der Waals surface area contributed by atoms with Crippen molar-refractivity contribution in [2.24, 2.45) is 0 Å². The molecule has 0 aromatic rings. The summed E-state index contributed by atoms with van der Waals surface area (Å²) in [5.41, 5.74) is 0. The Morgan fingerprint density at radius 1 is 1.21 bits per heavy atom. The summed E-state index contributed by atoms with van der Waals surface area (Å²) < 4.78 is 10.6. The van der Waals surface area contributed by atoms with E-state index < -0.39 is 0 Å². The lowest BCUT2D eigenvalue weighted by atomic mass is 10.2. The van der Waals surface area contributed by atoms with Crippen LogP contribution in [0.4, 0.5) is 0 Å². The van der Waals surface area contributed by atoms with Crippen LogP contribution in [0.1, 0.15) is 38.5 Å². The molecule has 0 saturated carbocycles. The monoisotopic (exact) mass is 198 g/mol. The standard InChI is InChI=1S/C12H22O2/c1-2-3-4-6-9-13-10-7-5-8-12-11-14-12/h2,12H,1,3-11H2. The summed E-state index contributed by atoms with van der Waals surface area (Å²) in [6, 6.07) is 0. The third-order valence-corrected chi connectivity index (χ3v) is 2.41. The number of hydrogen-bond acceptors (Lipinski definition) is 2. The maximum absolute atomic E-state index is 5.51. The van der Waals surface area contributed by atoms with Gasteiger partial charge in [-0.25, -0.2) is 0 Å². The molecule has 1 rings (SSSR count). The molecule has 1 aliphatic heterocycles. The first-order chi connectivity index (χ1) is 6.93. The van der Waals surface area contributed by atoms with Crippen molar-refractivity contribution in [1.82, 2.24) is 0 Å². The highest BCUT2D eigenvalue weighted by Gasteiger charge is 2.20. The number of epoxide rings is 1. The van der Waals surface area contributed by atoms with E-state index in [1.807, 2.05) is 6.08 Å². The summed E-state index contributed by atoms with van der Waals surface area (Å²) in [5, 5.41) is 0. The van der Waals surface area contributed by atoms with Gasteiger partial charge in [-0.2, -0.15) is 0 Å². The van der Waals surface area contributed by atoms with E-state index >= 15 is 0 Å². The van der Waals surface area contributed by atoms with Gasteiger partial charge in [0.15, 0.2) is 0 Å². The molecule has 82 valence electrons. The molecule has 14 heavy (non-hydrogen) atoms. The van der Waals surface area contributed by atoms with Gasteiger partial charge in [-0.15, -0.1) is 6.58 Å². The molecule has 1 heterocycles. The van der Waals surface area contributed by atoms with Crippen molar-refractivity contribution in [3.05, 3.63) is 12.7 Å². The Kier molecular flexibility index (Phi) is 6.71. The summed E-state index contributed by atoms with van der Waals surface area (Å²) in [4.78, 5) is 0. The molecule has 0 aliphatic carbocycles. The van der Waals surface area contributed by atoms with E-state index in [1.54, 1.807) is 0 Å². The van der Waals surface area contributed by atoms with Crippen LogP contribution in [0.2, 0.25) is 0 Å². The fourth-order valence-electron chi connectivity index (χ4n) is 1.41. The number of hydrogen-bond donors (Lipinski definition) is 0. The van der Waals surface area contributed by atoms with Gasteiger partial charge in [-0.3, -0.25) is 0 Å². The Hall–Kier alpha value is -0.340. The van der Waals surface area contributed by atoms with Crippen LogP contribution in [-0.4, -0.2) is 25.9 Å². The lowest BCUT2D eigenvalue weighted by Gasteiger charge is -2.02. The molecular formula is C12H22O2. The first-order valence-electron chi connectivity index (χ1n) is 5.73. The molecule has 1 aliphatic rings. The van der Waals surface area contributed by atoms with Crippen molar-refractivity contribution in [1.29, 1.82) is 0 Å². The quantitative estimate of drug-likeness (QED) is 0.306. The van der Waals surface area contributed by atoms with Gasteiger partial charge >= 0.3 is 0 Å². The second-order valence-corrected chi connectivity index (χ2v) is 3.85. The molecule has 0 aromatic carbocycles. The SMILES string of the molecule is C=CCCCCOCCCCC1CO1. The lowest BCUT2D eigenvalue weighted by Crippen LogP contribution is -1.97. The minimum atomic E-state index is 0.586. The van der Waals surface area contributed by atoms with Crippen LogP contribution in [0.25, 0.3) is 0 Å². The van der Waals surface area contributed by atoms with Crippen LogP contribution in [0.5, 0.6) is 0 Å². The maximum Gasteiger partial charge on any atom is 0.0810 e. The molecule has 2 nitrogen and oxygen atoms in total. The normalized spacial score (nSPS) is 19.6. The highest BCUT2D eigenvalue weighted by atomic mass is 16.6. The van der Waals surface area contributed by atoms with Gasteiger partial charge in [0, 0.05) is 13.2 Å². The highest BCUT2D eigenvalue weighted by Crippen LogP contribution is 2.16. The largest absolute Gasteiger partial charge is 0.381 e. The van der Waals surface area contributed by atoms with Crippen molar-refractivity contribution < 1.29 is 9.47 Å². The molecule has 0 spiro atoms. The molecular weight excluding hydrogens is 176 g/mol. The van der Waals surface area contributed by atoms with Crippen LogP contribution in [0.3, 0.4) is 0 Å². The average molecular weight is 198 g/mol. The van der Waals surface area contributed by atoms with Gasteiger partial charge in [0.05, 0.1) is 12.7 Å². The minimum Gasteiger partial charge on any atom is -0.381 e. The van der Waals surface area contributed by atoms with Crippen molar-refractivity contribution in [2.45, 2.75) is 44.6 Å². The van der Waals surface area contributed by atoms with E-state index in [1.165, 1.54) is 25.7 Å². The molecule has 1 unspecified atom stereocenters. The molecule has 1 fully saturated rings. The Morgan fingerprint density at radius 2 is 1.93 bits per heavy atom. The highest BCUT2D eigenvalue weighted by molar-refractivity contribution is 4.68. The van der Waals surface area contributed by atoms with E-state index in [-0.39, 0.29) is 0 Å². The number of allylic oxidation sites excluding steroid dienone is 1. The first-order valence-corrected chi connectivity index (χ1v) is 5.73. The van der Waals surface area contributed by atoms with E-state index in [0.717, 1.165) is 32.7 Å². The van der Waals surface area contributed by atoms with Gasteiger partial charge in [0.25, 0.3) is 0 Å². The first kappa shape index (κ1) is 11.7. The van der Waals surface area contributed by atoms with Crippen molar-refractivity contribution in [2.75, 3.05) is 19.8 Å². The fourth-order valence-corrected chi connectivity index (χ4v) is 1.41. The van der Waals surface area contributed by atoms with Gasteiger partial charge in [0.2, 0.25) is 0 Å². The number of unbranched alkanes of at least 4 members (excludes halogenated alkanes) is 3. The van der Waals surface area contributed by atoms with E-state index in [9.17, 15) is 0 Å². The number of ether oxygens (including phenoxy) is 2. The van der Waals surface area contributed by atoms with Crippen molar-refractivity contribution >= 4 is 0 Å². The molecule has 1 saturated heterocycles. The molecule has 0 aromatic heterocycles. The zero-order chi connectivity index (χ0) is 10.1. The fraction of sp³-hybridized carbons (Fsp3) is 0.833. The van der Waals surface area contributed by atoms with Gasteiger partial charge < -0.3 is 9.47 Å². The molecule has 0 amide bonds. The van der Waals surface area contributed by atoms with Crippen LogP contribution >= 0.6 is 0 Å². The van der Waals surface area contributed by atoms with Gasteiger partial charge in [-0.05, 0) is 38.5 Å². The molecule has 0 bridgehead atoms. The predicted molar refractivity (Wildman–Crippen MR) is 58.5 cm³/mol. The van der Waals surface area contributed by atoms with Crippen molar-refractivity contribution in [3.63, 3.8) is 0 Å². The topological polar surface area (TPSA) is 21.8 Å². The van der Waals surface area contributed by atoms with Crippen LogP contribution in [-0.2, 0) is 9.47 Å². The maximum atomic E-state index is 5.51. The average Bonchev–Trinajstić information content (AvgIpc) is 2.99. The Labute approximate surface area is 87.3 Å². The Balaban J connectivity index is 1.64. The molecule has 2 heteroatoms. The summed E-state index contributed by atoms with van der Waals surface area (Å²) in [5.74, 6) is 0. The van der Waals surface area contributed by atoms with Crippen LogP contribution in [0.15, 0.2) is 12.7 Å². The number of rotatable bonds is 10. The minimum absolute atomic E-state index is 0.586. The third kappa shape index (κ3) is 7.10. The third-order valence-electron chi connectivity index (χ3n) is 2.41. The zero-order valence-corrected chi connectivity index (χ0v) is 9.04. The second-order valence-electron chi connectivity index (χ2n) is 3.85. The summed E-state index contributed by atoms with van der Waals surface area (Å²) in [6.07, 6.45) is 9.69. The van der Waals surface area contributed by atoms with Gasteiger partial charge in [0.1, 0.15) is 0 Å². The van der Waals surface area contributed by atoms with E-state index in [2.05, 4.69) is 6.58 Å². The van der Waals surface area contributed by atoms with Gasteiger partial charge in [-0.1, -0.05) is 6.08 Å². The Bertz CT molecular complexity index is 141. The summed E-state index contributed by atoms with van der Waals surface area (Å²) in [7, 11) is 0. The Morgan fingerprint density at radius 3 is 2.57 bits per heavy atom. The predicted octanol–water partition coefficient (Wildman–Crippen LogP) is 2.93. The molecule has 1 atom stereocenters. The van der Waals surface area contributed by atoms with Crippen LogP contribution < -0.4 is 0 Å². The van der Waals surface area contributed by atoms with E-state index in [0.29, 0.717) is 6.10 Å². The second kappa shape index (κ2) is 8.01. The summed E-state index contributed by atoms with van der Waals surface area (Å²) >= 11 is 0. The van der Waals surface area contributed by atoms with E-state index in [4.69, 9.17) is 9.47 Å². The lowest BCUT2D eigenvalue weighted by molar-refractivity contribution is 0.126. The summed E-state index contributed by atoms with van der Waals surface area (Å²) in [6.45, 7) is 6.51. The van der Waals surface area contributed by atoms with Crippen LogP contribution in [0, 0.1) is 0 Å². The molecule has 0 radical (unpaired) electrons.